The number of amides is 1. The highest BCUT2D eigenvalue weighted by Gasteiger charge is 2.43. The molecule has 8 heteroatoms. The summed E-state index contributed by atoms with van der Waals surface area (Å²) < 4.78 is 37.9. The van der Waals surface area contributed by atoms with Crippen molar-refractivity contribution >= 4 is 22.6 Å². The number of anilines is 1. The first-order valence-electron chi connectivity index (χ1n) is 9.74. The van der Waals surface area contributed by atoms with Gasteiger partial charge in [0.1, 0.15) is 0 Å². The Kier molecular flexibility index (Phi) is 5.32. The van der Waals surface area contributed by atoms with Crippen LogP contribution in [-0.2, 0) is 4.79 Å². The van der Waals surface area contributed by atoms with Crippen LogP contribution in [0, 0.1) is 0 Å². The van der Waals surface area contributed by atoms with E-state index in [9.17, 15) is 18.0 Å². The summed E-state index contributed by atoms with van der Waals surface area (Å²) in [6, 6.07) is 16.0. The maximum Gasteiger partial charge on any atom is 0.471 e. The Morgan fingerprint density at radius 2 is 1.77 bits per heavy atom. The lowest BCUT2D eigenvalue weighted by atomic mass is 10.0. The molecule has 156 valence electrons. The summed E-state index contributed by atoms with van der Waals surface area (Å²) in [7, 11) is 1.84. The van der Waals surface area contributed by atoms with E-state index < -0.39 is 12.1 Å². The van der Waals surface area contributed by atoms with Crippen molar-refractivity contribution in [3.63, 3.8) is 0 Å². The van der Waals surface area contributed by atoms with Crippen molar-refractivity contribution < 1.29 is 18.0 Å². The van der Waals surface area contributed by atoms with Gasteiger partial charge in [-0.25, -0.2) is 9.97 Å². The molecule has 3 aromatic rings. The Labute approximate surface area is 172 Å². The van der Waals surface area contributed by atoms with Crippen molar-refractivity contribution in [3.8, 4) is 11.3 Å². The van der Waals surface area contributed by atoms with Crippen molar-refractivity contribution in [2.75, 3.05) is 25.0 Å². The van der Waals surface area contributed by atoms with Gasteiger partial charge in [-0.2, -0.15) is 13.2 Å². The molecule has 30 heavy (non-hydrogen) atoms. The van der Waals surface area contributed by atoms with Crippen molar-refractivity contribution in [2.24, 2.45) is 0 Å². The second-order valence-corrected chi connectivity index (χ2v) is 7.44. The minimum Gasteiger partial charge on any atom is -0.341 e. The van der Waals surface area contributed by atoms with Gasteiger partial charge in [-0.05, 0) is 35.7 Å². The van der Waals surface area contributed by atoms with Crippen LogP contribution in [0.25, 0.3) is 22.0 Å². The minimum absolute atomic E-state index is 0.0332. The molecule has 0 unspecified atom stereocenters. The van der Waals surface area contributed by atoms with E-state index in [0.717, 1.165) is 26.9 Å². The molecule has 2 heterocycles. The summed E-state index contributed by atoms with van der Waals surface area (Å²) in [6.07, 6.45) is -2.27. The highest BCUT2D eigenvalue weighted by atomic mass is 19.4. The van der Waals surface area contributed by atoms with Crippen LogP contribution in [0.4, 0.5) is 19.1 Å². The maximum absolute atomic E-state index is 12.6. The number of aromatic nitrogens is 2. The first kappa shape index (κ1) is 20.1. The largest absolute Gasteiger partial charge is 0.471 e. The summed E-state index contributed by atoms with van der Waals surface area (Å²) in [5.74, 6) is -1.25. The van der Waals surface area contributed by atoms with Crippen LogP contribution in [0.3, 0.4) is 0 Å². The molecule has 0 aliphatic carbocycles. The Bertz CT molecular complexity index is 1060. The van der Waals surface area contributed by atoms with Crippen LogP contribution < -0.4 is 4.90 Å². The van der Waals surface area contributed by atoms with E-state index in [-0.39, 0.29) is 19.1 Å². The topological polar surface area (TPSA) is 49.3 Å². The molecule has 1 saturated heterocycles. The SMILES string of the molecule is CN(c1nccc(-c2ccc3ccccc3c2)n1)C1CCN(C(=O)C(F)(F)F)CC1. The van der Waals surface area contributed by atoms with Gasteiger partial charge in [-0.1, -0.05) is 36.4 Å². The molecule has 0 saturated carbocycles. The Balaban J connectivity index is 1.49. The number of carbonyl (C=O) groups excluding carboxylic acids is 1. The lowest BCUT2D eigenvalue weighted by molar-refractivity contribution is -0.186. The zero-order chi connectivity index (χ0) is 21.3. The number of hydrogen-bond donors (Lipinski definition) is 0. The molecule has 4 rings (SSSR count). The van der Waals surface area contributed by atoms with E-state index in [1.54, 1.807) is 6.20 Å². The highest BCUT2D eigenvalue weighted by Crippen LogP contribution is 2.27. The maximum atomic E-state index is 12.6. The first-order valence-corrected chi connectivity index (χ1v) is 9.74. The third kappa shape index (κ3) is 4.08. The number of fused-ring (bicyclic) bond motifs is 1. The van der Waals surface area contributed by atoms with E-state index in [2.05, 4.69) is 16.0 Å². The van der Waals surface area contributed by atoms with Crippen LogP contribution in [0.1, 0.15) is 12.8 Å². The Hall–Kier alpha value is -3.16. The van der Waals surface area contributed by atoms with Gasteiger partial charge in [-0.3, -0.25) is 4.79 Å². The number of rotatable bonds is 3. The number of alkyl halides is 3. The molecule has 5 nitrogen and oxygen atoms in total. The molecule has 0 N–H and O–H groups in total. The number of hydrogen-bond acceptors (Lipinski definition) is 4. The normalized spacial score (nSPS) is 15.4. The molecular weight excluding hydrogens is 393 g/mol. The second-order valence-electron chi connectivity index (χ2n) is 7.44. The second kappa shape index (κ2) is 7.93. The van der Waals surface area contributed by atoms with Crippen molar-refractivity contribution in [3.05, 3.63) is 54.7 Å². The number of benzene rings is 2. The molecule has 1 aliphatic rings. The van der Waals surface area contributed by atoms with Gasteiger partial charge in [0.25, 0.3) is 0 Å². The fourth-order valence-electron chi connectivity index (χ4n) is 3.83. The predicted octanol–water partition coefficient (Wildman–Crippen LogP) is 4.29. The van der Waals surface area contributed by atoms with Gasteiger partial charge >= 0.3 is 12.1 Å². The summed E-state index contributed by atoms with van der Waals surface area (Å²) in [5, 5.41) is 2.26. The lowest BCUT2D eigenvalue weighted by Crippen LogP contribution is -2.49. The summed E-state index contributed by atoms with van der Waals surface area (Å²) in [6.45, 7) is 0.134. The quantitative estimate of drug-likeness (QED) is 0.642. The van der Waals surface area contributed by atoms with Gasteiger partial charge < -0.3 is 9.80 Å². The fraction of sp³-hybridized carbons (Fsp3) is 0.318. The number of likely N-dealkylation sites (tertiary alicyclic amines) is 1. The van der Waals surface area contributed by atoms with Gasteiger partial charge in [-0.15, -0.1) is 0 Å². The molecule has 1 aromatic heterocycles. The van der Waals surface area contributed by atoms with E-state index in [1.165, 1.54) is 0 Å². The fourth-order valence-corrected chi connectivity index (χ4v) is 3.83. The number of halogens is 3. The van der Waals surface area contributed by atoms with Crippen molar-refractivity contribution in [2.45, 2.75) is 25.1 Å². The van der Waals surface area contributed by atoms with Crippen LogP contribution >= 0.6 is 0 Å². The van der Waals surface area contributed by atoms with Crippen molar-refractivity contribution in [1.29, 1.82) is 0 Å². The molecule has 1 aliphatic heterocycles. The predicted molar refractivity (Wildman–Crippen MR) is 109 cm³/mol. The average Bonchev–Trinajstić information content (AvgIpc) is 2.77. The number of nitrogens with zero attached hydrogens (tertiary/aromatic N) is 4. The molecule has 2 aromatic carbocycles. The van der Waals surface area contributed by atoms with Crippen LogP contribution in [0.2, 0.25) is 0 Å². The van der Waals surface area contributed by atoms with Gasteiger partial charge in [0, 0.05) is 37.9 Å². The lowest BCUT2D eigenvalue weighted by Gasteiger charge is -2.36. The molecule has 0 atom stereocenters. The number of piperidine rings is 1. The van der Waals surface area contributed by atoms with E-state index in [4.69, 9.17) is 0 Å². The minimum atomic E-state index is -4.82. The highest BCUT2D eigenvalue weighted by molar-refractivity contribution is 5.86. The third-order valence-electron chi connectivity index (χ3n) is 5.55. The first-order chi connectivity index (χ1) is 14.3. The van der Waals surface area contributed by atoms with Gasteiger partial charge in [0.2, 0.25) is 5.95 Å². The Morgan fingerprint density at radius 1 is 1.07 bits per heavy atom. The van der Waals surface area contributed by atoms with Gasteiger partial charge in [0.05, 0.1) is 5.69 Å². The van der Waals surface area contributed by atoms with E-state index in [1.807, 2.05) is 54.4 Å². The van der Waals surface area contributed by atoms with Gasteiger partial charge in [0.15, 0.2) is 0 Å². The summed E-state index contributed by atoms with van der Waals surface area (Å²) >= 11 is 0. The molecular formula is C22H21F3N4O. The summed E-state index contributed by atoms with van der Waals surface area (Å²) in [4.78, 5) is 23.2. The van der Waals surface area contributed by atoms with Crippen molar-refractivity contribution in [1.82, 2.24) is 14.9 Å². The zero-order valence-electron chi connectivity index (χ0n) is 16.4. The van der Waals surface area contributed by atoms with Crippen LogP contribution in [0.5, 0.6) is 0 Å². The zero-order valence-corrected chi connectivity index (χ0v) is 16.4. The smallest absolute Gasteiger partial charge is 0.341 e. The van der Waals surface area contributed by atoms with E-state index in [0.29, 0.717) is 18.8 Å². The van der Waals surface area contributed by atoms with Crippen LogP contribution in [0.15, 0.2) is 54.7 Å². The number of carbonyl (C=O) groups is 1. The molecule has 1 fully saturated rings. The molecule has 1 amide bonds. The Morgan fingerprint density at radius 3 is 2.47 bits per heavy atom. The average molecular weight is 414 g/mol. The standard InChI is InChI=1S/C22H21F3N4O/c1-28(18-9-12-29(13-10-18)20(30)22(23,24)25)21-26-11-8-19(27-21)17-7-6-15-4-2-3-5-16(15)14-17/h2-8,11,14,18H,9-10,12-13H2,1H3. The third-order valence-corrected chi connectivity index (χ3v) is 5.55. The van der Waals surface area contributed by atoms with Crippen LogP contribution in [-0.4, -0.2) is 53.1 Å². The molecule has 0 spiro atoms. The van der Waals surface area contributed by atoms with E-state index >= 15 is 0 Å². The molecule has 0 bridgehead atoms. The monoisotopic (exact) mass is 414 g/mol. The summed E-state index contributed by atoms with van der Waals surface area (Å²) in [5.41, 5.74) is 1.75. The molecule has 0 radical (unpaired) electrons.